The van der Waals surface area contributed by atoms with Crippen LogP contribution in [-0.2, 0) is 19.0 Å². The second kappa shape index (κ2) is 9.93. The summed E-state index contributed by atoms with van der Waals surface area (Å²) in [7, 11) is 1.37. The van der Waals surface area contributed by atoms with E-state index in [-0.39, 0.29) is 5.97 Å². The van der Waals surface area contributed by atoms with Crippen molar-refractivity contribution in [1.29, 1.82) is 0 Å². The summed E-state index contributed by atoms with van der Waals surface area (Å²) in [5.41, 5.74) is 0. The first kappa shape index (κ1) is 14.4. The average molecular weight is 218 g/mol. The lowest BCUT2D eigenvalue weighted by molar-refractivity contribution is -0.141. The summed E-state index contributed by atoms with van der Waals surface area (Å²) in [6.45, 7) is 6.59. The summed E-state index contributed by atoms with van der Waals surface area (Å²) in [6, 6.07) is 0. The molecule has 15 heavy (non-hydrogen) atoms. The third kappa shape index (κ3) is 9.69. The van der Waals surface area contributed by atoms with E-state index in [1.165, 1.54) is 7.11 Å². The van der Waals surface area contributed by atoms with E-state index in [9.17, 15) is 4.79 Å². The zero-order valence-electron chi connectivity index (χ0n) is 9.95. The van der Waals surface area contributed by atoms with Gasteiger partial charge in [0.25, 0.3) is 0 Å². The second-order valence-corrected chi connectivity index (χ2v) is 3.53. The molecule has 4 nitrogen and oxygen atoms in total. The van der Waals surface area contributed by atoms with Crippen LogP contribution in [0, 0.1) is 5.92 Å². The van der Waals surface area contributed by atoms with Crippen molar-refractivity contribution in [3.8, 4) is 0 Å². The van der Waals surface area contributed by atoms with Crippen molar-refractivity contribution >= 4 is 5.97 Å². The van der Waals surface area contributed by atoms with E-state index in [1.54, 1.807) is 0 Å². The largest absolute Gasteiger partial charge is 0.469 e. The number of carbonyl (C=O) groups excluding carboxylic acids is 1. The fourth-order valence-corrected chi connectivity index (χ4v) is 0.880. The molecule has 0 bridgehead atoms. The van der Waals surface area contributed by atoms with E-state index in [0.717, 1.165) is 13.0 Å². The van der Waals surface area contributed by atoms with Gasteiger partial charge in [0.2, 0.25) is 0 Å². The van der Waals surface area contributed by atoms with Crippen LogP contribution in [0.5, 0.6) is 0 Å². The molecule has 4 heteroatoms. The number of hydrogen-bond donors (Lipinski definition) is 0. The van der Waals surface area contributed by atoms with Gasteiger partial charge in [0.1, 0.15) is 0 Å². The Hall–Kier alpha value is -0.610. The van der Waals surface area contributed by atoms with Crippen LogP contribution in [0.15, 0.2) is 0 Å². The van der Waals surface area contributed by atoms with Crippen LogP contribution in [-0.4, -0.2) is 39.5 Å². The SMILES string of the molecule is CCC(C)COCCOCCC(=O)OC. The number of hydrogen-bond acceptors (Lipinski definition) is 4. The van der Waals surface area contributed by atoms with Crippen molar-refractivity contribution in [3.63, 3.8) is 0 Å². The minimum Gasteiger partial charge on any atom is -0.469 e. The van der Waals surface area contributed by atoms with Crippen molar-refractivity contribution in [3.05, 3.63) is 0 Å². The van der Waals surface area contributed by atoms with Gasteiger partial charge in [0.15, 0.2) is 0 Å². The molecule has 1 unspecified atom stereocenters. The Morgan fingerprint density at radius 1 is 1.20 bits per heavy atom. The van der Waals surface area contributed by atoms with Gasteiger partial charge in [-0.15, -0.1) is 0 Å². The quantitative estimate of drug-likeness (QED) is 0.436. The standard InChI is InChI=1S/C11H22O4/c1-4-10(2)9-15-8-7-14-6-5-11(12)13-3/h10H,4-9H2,1-3H3. The van der Waals surface area contributed by atoms with Crippen LogP contribution in [0.1, 0.15) is 26.7 Å². The zero-order valence-corrected chi connectivity index (χ0v) is 9.95. The minimum atomic E-state index is -0.240. The molecule has 1 atom stereocenters. The Kier molecular flexibility index (Phi) is 9.52. The van der Waals surface area contributed by atoms with Crippen LogP contribution < -0.4 is 0 Å². The average Bonchev–Trinajstić information content (AvgIpc) is 2.26. The third-order valence-electron chi connectivity index (χ3n) is 2.15. The normalized spacial score (nSPS) is 12.5. The molecule has 0 rings (SSSR count). The van der Waals surface area contributed by atoms with Crippen molar-refractivity contribution in [2.75, 3.05) is 33.5 Å². The van der Waals surface area contributed by atoms with Crippen LogP contribution in [0.3, 0.4) is 0 Å². The molecule has 0 radical (unpaired) electrons. The Balaban J connectivity index is 3.08. The van der Waals surface area contributed by atoms with Crippen molar-refractivity contribution in [2.24, 2.45) is 5.92 Å². The highest BCUT2D eigenvalue weighted by atomic mass is 16.5. The molecule has 0 aliphatic rings. The van der Waals surface area contributed by atoms with Gasteiger partial charge in [0, 0.05) is 6.61 Å². The van der Waals surface area contributed by atoms with E-state index in [2.05, 4.69) is 18.6 Å². The molecule has 0 aliphatic carbocycles. The lowest BCUT2D eigenvalue weighted by atomic mass is 10.1. The highest BCUT2D eigenvalue weighted by Crippen LogP contribution is 2.00. The molecule has 0 aliphatic heterocycles. The number of carbonyl (C=O) groups is 1. The molecule has 0 spiro atoms. The highest BCUT2D eigenvalue weighted by molar-refractivity contribution is 5.69. The monoisotopic (exact) mass is 218 g/mol. The molecule has 0 fully saturated rings. The molecule has 0 aromatic carbocycles. The summed E-state index contributed by atoms with van der Waals surface area (Å²) >= 11 is 0. The maximum atomic E-state index is 10.7. The van der Waals surface area contributed by atoms with Gasteiger partial charge in [-0.2, -0.15) is 0 Å². The van der Waals surface area contributed by atoms with Gasteiger partial charge < -0.3 is 14.2 Å². The van der Waals surface area contributed by atoms with E-state index in [1.807, 2.05) is 0 Å². The Bertz CT molecular complexity index is 159. The van der Waals surface area contributed by atoms with Crippen LogP contribution in [0.2, 0.25) is 0 Å². The van der Waals surface area contributed by atoms with Gasteiger partial charge in [-0.3, -0.25) is 4.79 Å². The summed E-state index contributed by atoms with van der Waals surface area (Å²) < 4.78 is 15.0. The van der Waals surface area contributed by atoms with Crippen LogP contribution in [0.25, 0.3) is 0 Å². The van der Waals surface area contributed by atoms with Crippen molar-refractivity contribution < 1.29 is 19.0 Å². The number of rotatable bonds is 9. The molecule has 0 saturated carbocycles. The fraction of sp³-hybridized carbons (Fsp3) is 0.909. The lowest BCUT2D eigenvalue weighted by Gasteiger charge is -2.09. The molecule has 0 aromatic heterocycles. The van der Waals surface area contributed by atoms with Crippen molar-refractivity contribution in [2.45, 2.75) is 26.7 Å². The maximum Gasteiger partial charge on any atom is 0.307 e. The Morgan fingerprint density at radius 3 is 2.47 bits per heavy atom. The van der Waals surface area contributed by atoms with E-state index in [0.29, 0.717) is 32.2 Å². The smallest absolute Gasteiger partial charge is 0.307 e. The highest BCUT2D eigenvalue weighted by Gasteiger charge is 2.00. The number of ether oxygens (including phenoxy) is 3. The summed E-state index contributed by atoms with van der Waals surface area (Å²) in [5, 5.41) is 0. The summed E-state index contributed by atoms with van der Waals surface area (Å²) in [5.74, 6) is 0.357. The lowest BCUT2D eigenvalue weighted by Crippen LogP contribution is -2.12. The topological polar surface area (TPSA) is 44.8 Å². The molecular formula is C11H22O4. The fourth-order valence-electron chi connectivity index (χ4n) is 0.880. The van der Waals surface area contributed by atoms with Crippen LogP contribution in [0.4, 0.5) is 0 Å². The molecule has 0 aromatic rings. The molecule has 0 N–H and O–H groups in total. The van der Waals surface area contributed by atoms with Crippen molar-refractivity contribution in [1.82, 2.24) is 0 Å². The van der Waals surface area contributed by atoms with E-state index < -0.39 is 0 Å². The van der Waals surface area contributed by atoms with Gasteiger partial charge in [0.05, 0.1) is 33.4 Å². The first-order chi connectivity index (χ1) is 7.20. The molecule has 0 saturated heterocycles. The summed E-state index contributed by atoms with van der Waals surface area (Å²) in [6.07, 6.45) is 1.44. The predicted octanol–water partition coefficient (Wildman–Crippen LogP) is 1.63. The molecular weight excluding hydrogens is 196 g/mol. The zero-order chi connectivity index (χ0) is 11.5. The predicted molar refractivity (Wildman–Crippen MR) is 57.7 cm³/mol. The van der Waals surface area contributed by atoms with Gasteiger partial charge >= 0.3 is 5.97 Å². The minimum absolute atomic E-state index is 0.240. The molecule has 0 heterocycles. The Labute approximate surface area is 91.9 Å². The molecule has 0 amide bonds. The first-order valence-corrected chi connectivity index (χ1v) is 5.43. The third-order valence-corrected chi connectivity index (χ3v) is 2.15. The number of esters is 1. The number of methoxy groups -OCH3 is 1. The second-order valence-electron chi connectivity index (χ2n) is 3.53. The van der Waals surface area contributed by atoms with E-state index in [4.69, 9.17) is 9.47 Å². The Morgan fingerprint density at radius 2 is 1.87 bits per heavy atom. The van der Waals surface area contributed by atoms with Gasteiger partial charge in [-0.05, 0) is 5.92 Å². The van der Waals surface area contributed by atoms with Gasteiger partial charge in [-0.25, -0.2) is 0 Å². The van der Waals surface area contributed by atoms with Crippen LogP contribution >= 0.6 is 0 Å². The first-order valence-electron chi connectivity index (χ1n) is 5.43. The maximum absolute atomic E-state index is 10.7. The summed E-state index contributed by atoms with van der Waals surface area (Å²) in [4.78, 5) is 10.7. The van der Waals surface area contributed by atoms with Gasteiger partial charge in [-0.1, -0.05) is 20.3 Å². The van der Waals surface area contributed by atoms with E-state index >= 15 is 0 Å². The molecule has 90 valence electrons.